The van der Waals surface area contributed by atoms with Crippen LogP contribution in [0.4, 0.5) is 0 Å². The van der Waals surface area contributed by atoms with Crippen molar-refractivity contribution in [2.75, 3.05) is 53.3 Å². The molecule has 1 aliphatic heterocycles. The monoisotopic (exact) mass is 890 g/mol. The van der Waals surface area contributed by atoms with Gasteiger partial charge in [-0.15, -0.1) is 11.3 Å². The summed E-state index contributed by atoms with van der Waals surface area (Å²) in [7, 11) is 1.59. The van der Waals surface area contributed by atoms with E-state index >= 15 is 0 Å². The number of pyridine rings is 2. The van der Waals surface area contributed by atoms with E-state index in [1.54, 1.807) is 30.7 Å². The maximum Gasteiger partial charge on any atom is 0.254 e. The van der Waals surface area contributed by atoms with Gasteiger partial charge in [-0.1, -0.05) is 50.3 Å². The number of nitrogens with zero attached hydrogens (tertiary/aromatic N) is 5. The number of amides is 2. The molecule has 2 N–H and O–H groups in total. The predicted octanol–water partition coefficient (Wildman–Crippen LogP) is 7.30. The molecular weight excluding hydrogens is 837 g/mol. The minimum Gasteiger partial charge on any atom is -0.491 e. The fourth-order valence-corrected chi connectivity index (χ4v) is 8.28. The Kier molecular flexibility index (Phi) is 15.7. The Hall–Kier alpha value is -6.20. The van der Waals surface area contributed by atoms with E-state index in [1.807, 2.05) is 112 Å². The second kappa shape index (κ2) is 21.9. The van der Waals surface area contributed by atoms with Crippen molar-refractivity contribution >= 4 is 46.2 Å². The fraction of sp³-hybridized carbons (Fsp3) is 0.375. The summed E-state index contributed by atoms with van der Waals surface area (Å²) in [5.41, 5.74) is 7.45. The summed E-state index contributed by atoms with van der Waals surface area (Å²) in [6.45, 7) is 9.71. The fourth-order valence-electron chi connectivity index (χ4n) is 7.47. The molecule has 4 aromatic heterocycles. The van der Waals surface area contributed by atoms with Gasteiger partial charge in [0.2, 0.25) is 17.7 Å². The van der Waals surface area contributed by atoms with Crippen molar-refractivity contribution in [2.45, 2.75) is 58.2 Å². The van der Waals surface area contributed by atoms with Crippen LogP contribution < -0.4 is 19.5 Å². The van der Waals surface area contributed by atoms with Gasteiger partial charge in [-0.25, -0.2) is 15.0 Å². The van der Waals surface area contributed by atoms with Crippen LogP contribution in [-0.4, -0.2) is 107 Å². The number of aromatic nitrogens is 4. The van der Waals surface area contributed by atoms with Crippen molar-refractivity contribution in [3.8, 4) is 28.0 Å². The van der Waals surface area contributed by atoms with Crippen LogP contribution in [0, 0.1) is 12.8 Å². The number of aryl methyl sites for hydroxylation is 1. The Labute approximate surface area is 376 Å². The number of aliphatic hydroxyl groups excluding tert-OH is 1. The minimum atomic E-state index is -0.839. The number of rotatable bonds is 21. The molecule has 0 aliphatic carbocycles. The number of carbonyl (C=O) groups excluding carboxylic acids is 2. The largest absolute Gasteiger partial charge is 0.491 e. The van der Waals surface area contributed by atoms with E-state index in [4.69, 9.17) is 33.2 Å². The van der Waals surface area contributed by atoms with Crippen molar-refractivity contribution in [2.24, 2.45) is 5.92 Å². The van der Waals surface area contributed by atoms with Gasteiger partial charge < -0.3 is 43.5 Å². The maximum absolute atomic E-state index is 14.1. The second-order valence-corrected chi connectivity index (χ2v) is 16.6. The molecule has 1 aliphatic rings. The maximum atomic E-state index is 14.1. The number of hydrogen-bond donors (Lipinski definition) is 2. The molecule has 1 saturated heterocycles. The molecule has 2 amide bonds. The van der Waals surface area contributed by atoms with Crippen LogP contribution in [0.2, 0.25) is 0 Å². The van der Waals surface area contributed by atoms with Crippen LogP contribution in [0.25, 0.3) is 33.5 Å². The van der Waals surface area contributed by atoms with Crippen LogP contribution in [0.1, 0.15) is 67.4 Å². The molecule has 1 fully saturated rings. The normalized spacial score (nSPS) is 16.1. The summed E-state index contributed by atoms with van der Waals surface area (Å²) in [5.74, 6) is 0.235. The molecule has 6 aromatic rings. The van der Waals surface area contributed by atoms with E-state index < -0.39 is 18.1 Å². The highest BCUT2D eigenvalue weighted by Gasteiger charge is 2.43. The smallest absolute Gasteiger partial charge is 0.254 e. The first-order valence-electron chi connectivity index (χ1n) is 21.3. The van der Waals surface area contributed by atoms with Gasteiger partial charge in [0.05, 0.1) is 73.0 Å². The molecule has 0 saturated carbocycles. The number of fused-ring (bicyclic) bond motifs is 1. The number of methoxy groups -OCH3 is 1. The Morgan fingerprint density at radius 3 is 2.41 bits per heavy atom. The second-order valence-electron chi connectivity index (χ2n) is 15.8. The Balaban J connectivity index is 0.799. The van der Waals surface area contributed by atoms with E-state index in [9.17, 15) is 14.7 Å². The van der Waals surface area contributed by atoms with Gasteiger partial charge in [-0.2, -0.15) is 0 Å². The molecule has 0 unspecified atom stereocenters. The number of nitrogens with one attached hydrogen (secondary N) is 1. The zero-order valence-corrected chi connectivity index (χ0v) is 37.5. The Morgan fingerprint density at radius 2 is 1.67 bits per heavy atom. The van der Waals surface area contributed by atoms with Crippen molar-refractivity contribution < 1.29 is 42.9 Å². The van der Waals surface area contributed by atoms with Gasteiger partial charge in [-0.05, 0) is 78.0 Å². The van der Waals surface area contributed by atoms with Crippen LogP contribution in [0.15, 0.2) is 89.0 Å². The molecule has 0 bridgehead atoms. The number of ether oxygens (including phenoxy) is 5. The average Bonchev–Trinajstić information content (AvgIpc) is 4.06. The Morgan fingerprint density at radius 1 is 0.906 bits per heavy atom. The number of benzene rings is 2. The lowest BCUT2D eigenvalue weighted by Crippen LogP contribution is -2.48. The highest BCUT2D eigenvalue weighted by atomic mass is 32.1. The van der Waals surface area contributed by atoms with Crippen molar-refractivity contribution in [1.29, 1.82) is 0 Å². The molecule has 16 heteroatoms. The van der Waals surface area contributed by atoms with E-state index in [0.29, 0.717) is 38.1 Å². The van der Waals surface area contributed by atoms with Crippen LogP contribution >= 0.6 is 11.3 Å². The zero-order chi connectivity index (χ0) is 45.0. The molecule has 0 spiro atoms. The number of carbonyl (C=O) groups is 2. The van der Waals surface area contributed by atoms with E-state index in [1.165, 1.54) is 4.90 Å². The summed E-state index contributed by atoms with van der Waals surface area (Å²) in [4.78, 5) is 43.4. The summed E-state index contributed by atoms with van der Waals surface area (Å²) >= 11 is 1.58. The molecule has 336 valence electrons. The number of hydrogen-bond acceptors (Lipinski definition) is 14. The predicted molar refractivity (Wildman–Crippen MR) is 243 cm³/mol. The van der Waals surface area contributed by atoms with Crippen molar-refractivity contribution in [3.63, 3.8) is 0 Å². The third-order valence-electron chi connectivity index (χ3n) is 10.8. The van der Waals surface area contributed by atoms with Gasteiger partial charge in [0, 0.05) is 36.7 Å². The minimum absolute atomic E-state index is 0.0388. The lowest BCUT2D eigenvalue weighted by molar-refractivity contribution is -0.141. The van der Waals surface area contributed by atoms with Gasteiger partial charge in [0.25, 0.3) is 5.88 Å². The zero-order valence-electron chi connectivity index (χ0n) is 36.6. The topological polar surface area (TPSA) is 180 Å². The molecular formula is C48H54N6O9S. The van der Waals surface area contributed by atoms with E-state index in [-0.39, 0.29) is 55.8 Å². The lowest BCUT2D eigenvalue weighted by atomic mass is 9.91. The highest BCUT2D eigenvalue weighted by molar-refractivity contribution is 7.13. The Bertz CT molecular complexity index is 2510. The van der Waals surface area contributed by atoms with Crippen LogP contribution in [0.3, 0.4) is 0 Å². The SMILES string of the molecule is COc1cc(/C=C/c2ccc3cc(OCCOCCOCCOc4cc([C@H](C(=O)N5C[C@H](O)C[C@H]5C(=O)N[C@@H](C)c5ccc(-c6scnc6C)cc5)C(C)C)on4)ccc3n2)ccn1. The number of thiazole rings is 1. The number of likely N-dealkylation sites (tertiary alicyclic amines) is 1. The van der Waals surface area contributed by atoms with Crippen molar-refractivity contribution in [1.82, 2.24) is 30.3 Å². The molecule has 4 atom stereocenters. The molecule has 7 rings (SSSR count). The highest BCUT2D eigenvalue weighted by Crippen LogP contribution is 2.33. The molecule has 15 nitrogen and oxygen atoms in total. The molecule has 0 radical (unpaired) electrons. The van der Waals surface area contributed by atoms with Crippen molar-refractivity contribution in [3.05, 3.63) is 113 Å². The lowest BCUT2D eigenvalue weighted by Gasteiger charge is -2.29. The van der Waals surface area contributed by atoms with Gasteiger partial charge >= 0.3 is 0 Å². The summed E-state index contributed by atoms with van der Waals surface area (Å²) in [6, 6.07) is 21.9. The van der Waals surface area contributed by atoms with Gasteiger partial charge in [0.1, 0.15) is 30.9 Å². The van der Waals surface area contributed by atoms with Crippen LogP contribution in [0.5, 0.6) is 17.5 Å². The molecule has 64 heavy (non-hydrogen) atoms. The standard InChI is InChI=1S/C48H54N6O9S/c1-30(2)45(48(57)54-28-38(55)26-41(54)47(56)51-31(3)34-7-9-35(10-8-34)46-32(4)50-29-64-46)42-27-44(53-63-42)62-23-21-60-19-18-59-20-22-61-39-14-15-40-36(25-39)11-13-37(52-40)12-6-33-16-17-49-43(24-33)58-5/h6-17,24-25,27,29-31,38,41,45,55H,18-23,26,28H2,1-5H3,(H,51,56)/b12-6+/t31-,38+,41-,45+/m0/s1. The van der Waals surface area contributed by atoms with Gasteiger partial charge in [0.15, 0.2) is 5.76 Å². The molecule has 2 aromatic carbocycles. The first-order chi connectivity index (χ1) is 31.1. The number of β-amino-alcohol motifs (C(OH)–C–C–N with tert-alkyl or cyclic N) is 1. The van der Waals surface area contributed by atoms with E-state index in [0.717, 1.165) is 49.6 Å². The van der Waals surface area contributed by atoms with Gasteiger partial charge in [-0.3, -0.25) is 9.59 Å². The summed E-state index contributed by atoms with van der Waals surface area (Å²) < 4.78 is 33.8. The average molecular weight is 891 g/mol. The summed E-state index contributed by atoms with van der Waals surface area (Å²) in [5, 5.41) is 18.7. The number of aliphatic hydroxyl groups is 1. The molecule has 5 heterocycles. The summed E-state index contributed by atoms with van der Waals surface area (Å²) in [6.07, 6.45) is 4.92. The quantitative estimate of drug-likeness (QED) is 0.0688. The van der Waals surface area contributed by atoms with Crippen LogP contribution in [-0.2, 0) is 19.1 Å². The third-order valence-corrected chi connectivity index (χ3v) is 11.8. The first kappa shape index (κ1) is 45.8. The first-order valence-corrected chi connectivity index (χ1v) is 22.2. The third kappa shape index (κ3) is 11.9. The van der Waals surface area contributed by atoms with E-state index in [2.05, 4.69) is 20.4 Å².